The molecule has 0 aliphatic heterocycles. The van der Waals surface area contributed by atoms with E-state index < -0.39 is 17.5 Å². The van der Waals surface area contributed by atoms with E-state index in [1.807, 2.05) is 0 Å². The third kappa shape index (κ3) is 4.46. The quantitative estimate of drug-likeness (QED) is 0.656. The maximum Gasteiger partial charge on any atom is 0.126 e. The standard InChI is InChI=1S/C15H14ClF3N2/c16-11-1-2-15(19)10(6-11)7-14(21-20)5-9-3-12(17)8-13(18)4-9/h1-4,6,8,14,21H,5,7,20H2. The molecule has 1 atom stereocenters. The van der Waals surface area contributed by atoms with Gasteiger partial charge in [0.2, 0.25) is 0 Å². The Balaban J connectivity index is 2.14. The van der Waals surface area contributed by atoms with Gasteiger partial charge in [0, 0.05) is 17.1 Å². The Morgan fingerprint density at radius 1 is 1.00 bits per heavy atom. The van der Waals surface area contributed by atoms with Crippen molar-refractivity contribution in [1.29, 1.82) is 0 Å². The lowest BCUT2D eigenvalue weighted by molar-refractivity contribution is 0.502. The molecule has 0 saturated heterocycles. The number of nitrogens with one attached hydrogen (secondary N) is 1. The molecule has 21 heavy (non-hydrogen) atoms. The topological polar surface area (TPSA) is 38.0 Å². The van der Waals surface area contributed by atoms with E-state index in [1.54, 1.807) is 0 Å². The van der Waals surface area contributed by atoms with Gasteiger partial charge in [-0.1, -0.05) is 11.6 Å². The maximum atomic E-state index is 13.7. The van der Waals surface area contributed by atoms with Crippen LogP contribution < -0.4 is 11.3 Å². The van der Waals surface area contributed by atoms with Crippen molar-refractivity contribution in [3.8, 4) is 0 Å². The van der Waals surface area contributed by atoms with Crippen LogP contribution in [-0.2, 0) is 12.8 Å². The molecule has 6 heteroatoms. The highest BCUT2D eigenvalue weighted by molar-refractivity contribution is 6.30. The van der Waals surface area contributed by atoms with Crippen LogP contribution >= 0.6 is 11.6 Å². The molecular weight excluding hydrogens is 301 g/mol. The van der Waals surface area contributed by atoms with Gasteiger partial charge >= 0.3 is 0 Å². The Kier molecular flexibility index (Phi) is 5.22. The Hall–Kier alpha value is -1.56. The molecule has 0 fully saturated rings. The summed E-state index contributed by atoms with van der Waals surface area (Å²) < 4.78 is 40.0. The van der Waals surface area contributed by atoms with Crippen molar-refractivity contribution in [2.75, 3.05) is 0 Å². The number of hydrazine groups is 1. The van der Waals surface area contributed by atoms with Crippen molar-refractivity contribution < 1.29 is 13.2 Å². The Morgan fingerprint density at radius 2 is 1.67 bits per heavy atom. The van der Waals surface area contributed by atoms with E-state index >= 15 is 0 Å². The first-order valence-electron chi connectivity index (χ1n) is 6.33. The Bertz CT molecular complexity index is 614. The highest BCUT2D eigenvalue weighted by atomic mass is 35.5. The lowest BCUT2D eigenvalue weighted by Gasteiger charge is -2.17. The summed E-state index contributed by atoms with van der Waals surface area (Å²) in [6, 6.07) is 7.10. The predicted molar refractivity (Wildman–Crippen MR) is 76.3 cm³/mol. The molecule has 0 aliphatic rings. The van der Waals surface area contributed by atoms with Crippen molar-refractivity contribution in [3.05, 3.63) is 70.0 Å². The van der Waals surface area contributed by atoms with Crippen molar-refractivity contribution in [2.45, 2.75) is 18.9 Å². The number of rotatable bonds is 5. The molecule has 0 bridgehead atoms. The summed E-state index contributed by atoms with van der Waals surface area (Å²) in [7, 11) is 0. The number of hydrogen-bond donors (Lipinski definition) is 2. The average molecular weight is 315 g/mol. The zero-order chi connectivity index (χ0) is 15.4. The van der Waals surface area contributed by atoms with Crippen LogP contribution in [0.2, 0.25) is 5.02 Å². The molecule has 0 saturated carbocycles. The normalized spacial score (nSPS) is 12.4. The third-order valence-electron chi connectivity index (χ3n) is 3.11. The molecule has 0 amide bonds. The van der Waals surface area contributed by atoms with E-state index in [4.69, 9.17) is 17.4 Å². The van der Waals surface area contributed by atoms with E-state index in [9.17, 15) is 13.2 Å². The summed E-state index contributed by atoms with van der Waals surface area (Å²) in [6.45, 7) is 0. The fourth-order valence-corrected chi connectivity index (χ4v) is 2.36. The zero-order valence-corrected chi connectivity index (χ0v) is 11.8. The highest BCUT2D eigenvalue weighted by Gasteiger charge is 2.13. The molecule has 1 unspecified atom stereocenters. The van der Waals surface area contributed by atoms with E-state index in [1.165, 1.54) is 30.3 Å². The van der Waals surface area contributed by atoms with Gasteiger partial charge in [0.05, 0.1) is 0 Å². The second-order valence-electron chi connectivity index (χ2n) is 4.79. The first-order valence-corrected chi connectivity index (χ1v) is 6.70. The van der Waals surface area contributed by atoms with Crippen molar-refractivity contribution in [2.24, 2.45) is 5.84 Å². The summed E-state index contributed by atoms with van der Waals surface area (Å²) in [6.07, 6.45) is 0.512. The predicted octanol–water partition coefficient (Wildman–Crippen LogP) is 3.37. The van der Waals surface area contributed by atoms with Gasteiger partial charge in [-0.3, -0.25) is 11.3 Å². The second kappa shape index (κ2) is 6.93. The first kappa shape index (κ1) is 15.8. The molecular formula is C15H14ClF3N2. The first-order chi connectivity index (χ1) is 9.97. The number of halogens is 4. The molecule has 0 radical (unpaired) electrons. The number of nitrogens with two attached hydrogens (primary N) is 1. The van der Waals surface area contributed by atoms with Crippen molar-refractivity contribution in [1.82, 2.24) is 5.43 Å². The van der Waals surface area contributed by atoms with Crippen LogP contribution in [0, 0.1) is 17.5 Å². The average Bonchev–Trinajstić information content (AvgIpc) is 2.41. The minimum Gasteiger partial charge on any atom is -0.271 e. The molecule has 2 aromatic carbocycles. The van der Waals surface area contributed by atoms with E-state index in [2.05, 4.69) is 5.43 Å². The summed E-state index contributed by atoms with van der Waals surface area (Å²) in [5.41, 5.74) is 3.36. The lowest BCUT2D eigenvalue weighted by atomic mass is 9.99. The molecule has 0 aliphatic carbocycles. The largest absolute Gasteiger partial charge is 0.271 e. The van der Waals surface area contributed by atoms with Crippen LogP contribution in [0.4, 0.5) is 13.2 Å². The highest BCUT2D eigenvalue weighted by Crippen LogP contribution is 2.18. The molecule has 0 aromatic heterocycles. The van der Waals surface area contributed by atoms with Gasteiger partial charge in [-0.05, 0) is 54.3 Å². The monoisotopic (exact) mass is 314 g/mol. The maximum absolute atomic E-state index is 13.7. The molecule has 0 heterocycles. The summed E-state index contributed by atoms with van der Waals surface area (Å²) >= 11 is 5.83. The molecule has 2 nitrogen and oxygen atoms in total. The summed E-state index contributed by atoms with van der Waals surface area (Å²) in [5.74, 6) is 3.73. The molecule has 3 N–H and O–H groups in total. The van der Waals surface area contributed by atoms with E-state index in [-0.39, 0.29) is 18.9 Å². The van der Waals surface area contributed by atoms with E-state index in [0.29, 0.717) is 16.1 Å². The van der Waals surface area contributed by atoms with Crippen molar-refractivity contribution >= 4 is 11.6 Å². The van der Waals surface area contributed by atoms with Crippen LogP contribution in [0.5, 0.6) is 0 Å². The van der Waals surface area contributed by atoms with Crippen LogP contribution in [0.3, 0.4) is 0 Å². The molecule has 2 rings (SSSR count). The molecule has 0 spiro atoms. The van der Waals surface area contributed by atoms with Gasteiger partial charge in [0.25, 0.3) is 0 Å². The van der Waals surface area contributed by atoms with Crippen molar-refractivity contribution in [3.63, 3.8) is 0 Å². The Labute approximate surface area is 125 Å². The second-order valence-corrected chi connectivity index (χ2v) is 5.22. The van der Waals surface area contributed by atoms with Gasteiger partial charge in [0.15, 0.2) is 0 Å². The minimum absolute atomic E-state index is 0.251. The van der Waals surface area contributed by atoms with Gasteiger partial charge in [-0.15, -0.1) is 0 Å². The van der Waals surface area contributed by atoms with Gasteiger partial charge in [-0.25, -0.2) is 13.2 Å². The smallest absolute Gasteiger partial charge is 0.126 e. The van der Waals surface area contributed by atoms with Gasteiger partial charge in [0.1, 0.15) is 17.5 Å². The zero-order valence-electron chi connectivity index (χ0n) is 11.0. The molecule has 112 valence electrons. The van der Waals surface area contributed by atoms with Gasteiger partial charge < -0.3 is 0 Å². The summed E-state index contributed by atoms with van der Waals surface area (Å²) in [4.78, 5) is 0. The molecule has 2 aromatic rings. The fourth-order valence-electron chi connectivity index (χ4n) is 2.17. The van der Waals surface area contributed by atoms with Crippen LogP contribution in [0.25, 0.3) is 0 Å². The third-order valence-corrected chi connectivity index (χ3v) is 3.35. The SMILES string of the molecule is NNC(Cc1cc(F)cc(F)c1)Cc1cc(Cl)ccc1F. The van der Waals surface area contributed by atoms with Crippen LogP contribution in [0.15, 0.2) is 36.4 Å². The van der Waals surface area contributed by atoms with Gasteiger partial charge in [-0.2, -0.15) is 0 Å². The lowest BCUT2D eigenvalue weighted by Crippen LogP contribution is -2.38. The Morgan fingerprint density at radius 3 is 2.29 bits per heavy atom. The number of benzene rings is 2. The number of hydrogen-bond acceptors (Lipinski definition) is 2. The van der Waals surface area contributed by atoms with Crippen LogP contribution in [-0.4, -0.2) is 6.04 Å². The summed E-state index contributed by atoms with van der Waals surface area (Å²) in [5, 5.41) is 0.416. The fraction of sp³-hybridized carbons (Fsp3) is 0.200. The minimum atomic E-state index is -0.658. The van der Waals surface area contributed by atoms with E-state index in [0.717, 1.165) is 6.07 Å². The van der Waals surface area contributed by atoms with Crippen LogP contribution in [0.1, 0.15) is 11.1 Å².